The number of amides is 1. The lowest BCUT2D eigenvalue weighted by molar-refractivity contribution is -0.137. The van der Waals surface area contributed by atoms with Crippen molar-refractivity contribution in [2.24, 2.45) is 5.92 Å². The van der Waals surface area contributed by atoms with Gasteiger partial charge >= 0.3 is 6.18 Å². The molecule has 6 heteroatoms. The second kappa shape index (κ2) is 6.47. The largest absolute Gasteiger partial charge is 0.416 e. The van der Waals surface area contributed by atoms with Crippen LogP contribution in [0.2, 0.25) is 0 Å². The minimum atomic E-state index is -4.43. The number of benzene rings is 1. The number of hydrogen-bond acceptors (Lipinski definition) is 2. The lowest BCUT2D eigenvalue weighted by Gasteiger charge is -2.15. The Kier molecular flexibility index (Phi) is 4.88. The van der Waals surface area contributed by atoms with Gasteiger partial charge in [0.05, 0.1) is 5.56 Å². The molecular weight excluding hydrogens is 281 g/mol. The molecule has 21 heavy (non-hydrogen) atoms. The number of nitrogens with one attached hydrogen (secondary N) is 1. The van der Waals surface area contributed by atoms with Crippen LogP contribution >= 0.6 is 0 Å². The zero-order valence-corrected chi connectivity index (χ0v) is 11.9. The number of alkyl halides is 3. The van der Waals surface area contributed by atoms with E-state index < -0.39 is 17.6 Å². The van der Waals surface area contributed by atoms with Gasteiger partial charge in [-0.25, -0.2) is 0 Å². The molecule has 0 spiro atoms. The Hall–Kier alpha value is -1.56. The van der Waals surface area contributed by atoms with E-state index in [9.17, 15) is 18.0 Å². The smallest absolute Gasteiger partial charge is 0.351 e. The molecule has 1 unspecified atom stereocenters. The summed E-state index contributed by atoms with van der Waals surface area (Å²) in [6, 6.07) is 4.48. The number of rotatable bonds is 4. The Morgan fingerprint density at radius 2 is 2.19 bits per heavy atom. The predicted octanol–water partition coefficient (Wildman–Crippen LogP) is 2.78. The van der Waals surface area contributed by atoms with Crippen molar-refractivity contribution in [3.8, 4) is 0 Å². The van der Waals surface area contributed by atoms with Crippen molar-refractivity contribution in [2.75, 3.05) is 26.2 Å². The molecule has 1 aromatic rings. The van der Waals surface area contributed by atoms with Gasteiger partial charge in [-0.15, -0.1) is 0 Å². The zero-order valence-electron chi connectivity index (χ0n) is 11.9. The van der Waals surface area contributed by atoms with Crippen molar-refractivity contribution in [1.29, 1.82) is 0 Å². The first-order valence-corrected chi connectivity index (χ1v) is 7.04. The van der Waals surface area contributed by atoms with E-state index in [2.05, 4.69) is 17.1 Å². The van der Waals surface area contributed by atoms with Gasteiger partial charge in [0.1, 0.15) is 0 Å². The molecule has 1 saturated heterocycles. The normalized spacial score (nSPS) is 19.7. The molecule has 116 valence electrons. The van der Waals surface area contributed by atoms with E-state index >= 15 is 0 Å². The van der Waals surface area contributed by atoms with Crippen LogP contribution in [-0.4, -0.2) is 37.0 Å². The molecule has 1 aromatic carbocycles. The second-order valence-corrected chi connectivity index (χ2v) is 5.53. The third-order valence-corrected chi connectivity index (χ3v) is 3.67. The molecular formula is C15H19F3N2O. The van der Waals surface area contributed by atoms with E-state index in [-0.39, 0.29) is 5.56 Å². The first kappa shape index (κ1) is 15.8. The van der Waals surface area contributed by atoms with Crippen LogP contribution in [0.25, 0.3) is 0 Å². The van der Waals surface area contributed by atoms with Crippen molar-refractivity contribution in [3.05, 3.63) is 35.4 Å². The van der Waals surface area contributed by atoms with Gasteiger partial charge in [-0.05, 0) is 37.1 Å². The fourth-order valence-corrected chi connectivity index (χ4v) is 2.50. The van der Waals surface area contributed by atoms with Crippen LogP contribution in [0.1, 0.15) is 29.3 Å². The molecule has 0 aliphatic carbocycles. The minimum Gasteiger partial charge on any atom is -0.351 e. The summed E-state index contributed by atoms with van der Waals surface area (Å²) >= 11 is 0. The summed E-state index contributed by atoms with van der Waals surface area (Å²) in [5, 5.41) is 2.67. The quantitative estimate of drug-likeness (QED) is 0.927. The Labute approximate surface area is 122 Å². The van der Waals surface area contributed by atoms with E-state index in [1.54, 1.807) is 0 Å². The fraction of sp³-hybridized carbons (Fsp3) is 0.533. The third-order valence-electron chi connectivity index (χ3n) is 3.67. The lowest BCUT2D eigenvalue weighted by atomic mass is 10.1. The molecule has 1 aliphatic rings. The summed E-state index contributed by atoms with van der Waals surface area (Å²) in [6.45, 7) is 5.39. The molecule has 1 aliphatic heterocycles. The summed E-state index contributed by atoms with van der Waals surface area (Å²) < 4.78 is 37.8. The van der Waals surface area contributed by atoms with Gasteiger partial charge in [-0.3, -0.25) is 4.79 Å². The average molecular weight is 300 g/mol. The number of nitrogens with zero attached hydrogens (tertiary/aromatic N) is 1. The number of hydrogen-bond donors (Lipinski definition) is 1. The van der Waals surface area contributed by atoms with Gasteiger partial charge in [0.2, 0.25) is 0 Å². The Bertz CT molecular complexity index is 502. The maximum atomic E-state index is 12.6. The van der Waals surface area contributed by atoms with Crippen LogP contribution in [-0.2, 0) is 6.18 Å². The van der Waals surface area contributed by atoms with Gasteiger partial charge in [-0.1, -0.05) is 13.0 Å². The third kappa shape index (κ3) is 4.46. The summed E-state index contributed by atoms with van der Waals surface area (Å²) in [5.74, 6) is 0.206. The van der Waals surface area contributed by atoms with Gasteiger partial charge < -0.3 is 10.2 Å². The highest BCUT2D eigenvalue weighted by Gasteiger charge is 2.30. The van der Waals surface area contributed by atoms with Gasteiger partial charge in [0.15, 0.2) is 0 Å². The highest BCUT2D eigenvalue weighted by atomic mass is 19.4. The number of carbonyl (C=O) groups is 1. The van der Waals surface area contributed by atoms with E-state index in [1.807, 2.05) is 0 Å². The maximum absolute atomic E-state index is 12.6. The molecule has 1 N–H and O–H groups in total. The van der Waals surface area contributed by atoms with E-state index in [4.69, 9.17) is 0 Å². The van der Waals surface area contributed by atoms with Crippen molar-refractivity contribution in [3.63, 3.8) is 0 Å². The molecule has 1 heterocycles. The van der Waals surface area contributed by atoms with Crippen LogP contribution in [0, 0.1) is 5.92 Å². The molecule has 0 saturated carbocycles. The fourth-order valence-electron chi connectivity index (χ4n) is 2.50. The van der Waals surface area contributed by atoms with Gasteiger partial charge in [0.25, 0.3) is 5.91 Å². The van der Waals surface area contributed by atoms with Crippen molar-refractivity contribution in [1.82, 2.24) is 10.2 Å². The lowest BCUT2D eigenvalue weighted by Crippen LogP contribution is -2.33. The second-order valence-electron chi connectivity index (χ2n) is 5.53. The highest BCUT2D eigenvalue weighted by molar-refractivity contribution is 5.94. The first-order chi connectivity index (χ1) is 9.86. The topological polar surface area (TPSA) is 32.3 Å². The van der Waals surface area contributed by atoms with Crippen molar-refractivity contribution in [2.45, 2.75) is 19.5 Å². The van der Waals surface area contributed by atoms with Crippen LogP contribution in [0.5, 0.6) is 0 Å². The summed E-state index contributed by atoms with van der Waals surface area (Å²) in [5.41, 5.74) is -0.761. The molecule has 3 nitrogen and oxygen atoms in total. The van der Waals surface area contributed by atoms with E-state index in [0.717, 1.165) is 38.2 Å². The number of likely N-dealkylation sites (tertiary alicyclic amines) is 1. The highest BCUT2D eigenvalue weighted by Crippen LogP contribution is 2.29. The van der Waals surface area contributed by atoms with Crippen molar-refractivity contribution >= 4 is 5.91 Å². The van der Waals surface area contributed by atoms with Crippen LogP contribution in [0.3, 0.4) is 0 Å². The van der Waals surface area contributed by atoms with Crippen molar-refractivity contribution < 1.29 is 18.0 Å². The summed E-state index contributed by atoms with van der Waals surface area (Å²) in [4.78, 5) is 14.1. The standard InChI is InChI=1S/C15H19F3N2O/c1-11-5-7-20(10-11)8-6-19-14(21)12-3-2-4-13(9-12)15(16,17)18/h2-4,9,11H,5-8,10H2,1H3,(H,19,21). The number of halogens is 3. The molecule has 2 rings (SSSR count). The summed E-state index contributed by atoms with van der Waals surface area (Å²) in [7, 11) is 0. The van der Waals surface area contributed by atoms with Crippen LogP contribution in [0.4, 0.5) is 13.2 Å². The molecule has 0 radical (unpaired) electrons. The van der Waals surface area contributed by atoms with E-state index in [0.29, 0.717) is 12.5 Å². The molecule has 1 amide bonds. The van der Waals surface area contributed by atoms with Gasteiger partial charge in [-0.2, -0.15) is 13.2 Å². The SMILES string of the molecule is CC1CCN(CCNC(=O)c2cccc(C(F)(F)F)c2)C1. The first-order valence-electron chi connectivity index (χ1n) is 7.04. The Balaban J connectivity index is 1.86. The maximum Gasteiger partial charge on any atom is 0.416 e. The minimum absolute atomic E-state index is 0.0413. The Morgan fingerprint density at radius 1 is 1.43 bits per heavy atom. The van der Waals surface area contributed by atoms with E-state index in [1.165, 1.54) is 12.1 Å². The number of carbonyl (C=O) groups excluding carboxylic acids is 1. The Morgan fingerprint density at radius 3 is 2.81 bits per heavy atom. The monoisotopic (exact) mass is 300 g/mol. The molecule has 1 atom stereocenters. The zero-order chi connectivity index (χ0) is 15.5. The molecule has 0 bridgehead atoms. The summed E-state index contributed by atoms with van der Waals surface area (Å²) in [6.07, 6.45) is -3.27. The average Bonchev–Trinajstić information content (AvgIpc) is 2.83. The molecule has 1 fully saturated rings. The van der Waals surface area contributed by atoms with Crippen LogP contribution in [0.15, 0.2) is 24.3 Å². The van der Waals surface area contributed by atoms with Crippen LogP contribution < -0.4 is 5.32 Å². The molecule has 0 aromatic heterocycles. The van der Waals surface area contributed by atoms with Gasteiger partial charge in [0, 0.05) is 25.2 Å². The predicted molar refractivity (Wildman–Crippen MR) is 74.0 cm³/mol.